The maximum absolute atomic E-state index is 10.1. The molecule has 2 aromatic rings. The number of nitrogens with one attached hydrogen (secondary N) is 1. The molecule has 0 aliphatic heterocycles. The highest BCUT2D eigenvalue weighted by Crippen LogP contribution is 2.19. The van der Waals surface area contributed by atoms with Gasteiger partial charge in [0.25, 0.3) is 0 Å². The Morgan fingerprint density at radius 1 is 1.25 bits per heavy atom. The molecule has 0 amide bonds. The van der Waals surface area contributed by atoms with Gasteiger partial charge in [0.2, 0.25) is 0 Å². The molecule has 110 valence electrons. The van der Waals surface area contributed by atoms with Gasteiger partial charge in [-0.25, -0.2) is 0 Å². The lowest BCUT2D eigenvalue weighted by atomic mass is 10.1. The first kappa shape index (κ1) is 15.0. The highest BCUT2D eigenvalue weighted by atomic mass is 16.3. The van der Waals surface area contributed by atoms with Gasteiger partial charge in [-0.2, -0.15) is 5.10 Å². The normalized spacial score (nSPS) is 13.2. The average Bonchev–Trinajstić information content (AvgIpc) is 2.77. The zero-order valence-electron chi connectivity index (χ0n) is 12.6. The van der Waals surface area contributed by atoms with Crippen molar-refractivity contribution in [2.24, 2.45) is 5.92 Å². The molecule has 0 fully saturated rings. The smallest absolute Gasteiger partial charge is 0.0729 e. The number of rotatable bonds is 7. The number of aliphatic hydroxyl groups excluding tert-OH is 1. The van der Waals surface area contributed by atoms with Crippen LogP contribution in [0, 0.1) is 5.92 Å². The number of fused-ring (bicyclic) bond motifs is 1. The van der Waals surface area contributed by atoms with Crippen LogP contribution in [0.3, 0.4) is 0 Å². The maximum atomic E-state index is 10.1. The summed E-state index contributed by atoms with van der Waals surface area (Å²) in [6, 6.07) is 8.22. The summed E-state index contributed by atoms with van der Waals surface area (Å²) in [6.07, 6.45) is 0.205. The van der Waals surface area contributed by atoms with Gasteiger partial charge in [-0.05, 0) is 25.5 Å². The first-order valence-electron chi connectivity index (χ1n) is 7.45. The highest BCUT2D eigenvalue weighted by Gasteiger charge is 2.13. The van der Waals surface area contributed by atoms with Gasteiger partial charge in [-0.15, -0.1) is 0 Å². The summed E-state index contributed by atoms with van der Waals surface area (Å²) in [5.74, 6) is 0.599. The summed E-state index contributed by atoms with van der Waals surface area (Å²) in [5.41, 5.74) is 2.13. The van der Waals surface area contributed by atoms with Crippen molar-refractivity contribution < 1.29 is 5.11 Å². The van der Waals surface area contributed by atoms with Gasteiger partial charge in [0.15, 0.2) is 0 Å². The minimum atomic E-state index is -0.391. The molecular formula is C16H25N3O. The minimum Gasteiger partial charge on any atom is -0.391 e. The van der Waals surface area contributed by atoms with Crippen molar-refractivity contribution in [1.82, 2.24) is 15.1 Å². The predicted octanol–water partition coefficient (Wildman–Crippen LogP) is 2.21. The van der Waals surface area contributed by atoms with E-state index >= 15 is 0 Å². The molecule has 1 aromatic carbocycles. The number of aliphatic hydroxyl groups is 1. The Bertz CT molecular complexity index is 548. The van der Waals surface area contributed by atoms with Crippen molar-refractivity contribution in [2.45, 2.75) is 39.8 Å². The number of nitrogens with zero attached hydrogens (tertiary/aromatic N) is 2. The fraction of sp³-hybridized carbons (Fsp3) is 0.562. The van der Waals surface area contributed by atoms with Crippen LogP contribution in [0.5, 0.6) is 0 Å². The first-order chi connectivity index (χ1) is 9.61. The molecule has 2 rings (SSSR count). The monoisotopic (exact) mass is 275 g/mol. The Balaban J connectivity index is 2.05. The maximum Gasteiger partial charge on any atom is 0.0729 e. The van der Waals surface area contributed by atoms with Gasteiger partial charge in [-0.1, -0.05) is 32.0 Å². The van der Waals surface area contributed by atoms with E-state index in [1.54, 1.807) is 0 Å². The van der Waals surface area contributed by atoms with Gasteiger partial charge in [0, 0.05) is 24.9 Å². The van der Waals surface area contributed by atoms with Gasteiger partial charge in [0.05, 0.1) is 17.3 Å². The first-order valence-corrected chi connectivity index (χ1v) is 7.45. The van der Waals surface area contributed by atoms with Crippen LogP contribution in [0.2, 0.25) is 0 Å². The van der Waals surface area contributed by atoms with Gasteiger partial charge >= 0.3 is 0 Å². The van der Waals surface area contributed by atoms with E-state index in [0.717, 1.165) is 29.7 Å². The predicted molar refractivity (Wildman–Crippen MR) is 82.8 cm³/mol. The zero-order valence-corrected chi connectivity index (χ0v) is 12.6. The minimum absolute atomic E-state index is 0.391. The molecule has 2 N–H and O–H groups in total. The Kier molecular flexibility index (Phi) is 5.15. The third-order valence-corrected chi connectivity index (χ3v) is 3.40. The lowest BCUT2D eigenvalue weighted by Gasteiger charge is -2.12. The molecule has 0 bridgehead atoms. The van der Waals surface area contributed by atoms with Crippen LogP contribution in [-0.2, 0) is 13.0 Å². The fourth-order valence-corrected chi connectivity index (χ4v) is 2.42. The Hall–Kier alpha value is -1.39. The number of aromatic nitrogens is 2. The summed E-state index contributed by atoms with van der Waals surface area (Å²) in [4.78, 5) is 0. The highest BCUT2D eigenvalue weighted by molar-refractivity contribution is 5.81. The van der Waals surface area contributed by atoms with E-state index in [1.165, 1.54) is 0 Å². The molecule has 1 atom stereocenters. The van der Waals surface area contributed by atoms with E-state index in [9.17, 15) is 5.11 Å². The second-order valence-electron chi connectivity index (χ2n) is 5.69. The van der Waals surface area contributed by atoms with Crippen LogP contribution in [-0.4, -0.2) is 34.1 Å². The van der Waals surface area contributed by atoms with Crippen molar-refractivity contribution in [3.63, 3.8) is 0 Å². The van der Waals surface area contributed by atoms with Crippen molar-refractivity contribution in [1.29, 1.82) is 0 Å². The molecule has 0 aliphatic carbocycles. The van der Waals surface area contributed by atoms with Crippen molar-refractivity contribution in [3.05, 3.63) is 30.0 Å². The lowest BCUT2D eigenvalue weighted by molar-refractivity contribution is 0.169. The second-order valence-corrected chi connectivity index (χ2v) is 5.69. The molecule has 0 aliphatic rings. The largest absolute Gasteiger partial charge is 0.391 e. The van der Waals surface area contributed by atoms with Crippen molar-refractivity contribution >= 4 is 10.9 Å². The topological polar surface area (TPSA) is 50.1 Å². The standard InChI is InChI=1S/C16H25N3O/c1-4-19-16-8-6-5-7-14(16)15(18-19)9-13(20)11-17-10-12(2)3/h5-8,12-13,17,20H,4,9-11H2,1-3H3. The molecule has 1 heterocycles. The molecule has 0 saturated heterocycles. The van der Waals surface area contributed by atoms with E-state index in [4.69, 9.17) is 0 Å². The van der Waals surface area contributed by atoms with E-state index in [-0.39, 0.29) is 0 Å². The van der Waals surface area contributed by atoms with Crippen LogP contribution in [0.15, 0.2) is 24.3 Å². The van der Waals surface area contributed by atoms with E-state index in [2.05, 4.69) is 43.3 Å². The van der Waals surface area contributed by atoms with Crippen molar-refractivity contribution in [2.75, 3.05) is 13.1 Å². The second kappa shape index (κ2) is 6.86. The Morgan fingerprint density at radius 3 is 2.70 bits per heavy atom. The van der Waals surface area contributed by atoms with E-state index < -0.39 is 6.10 Å². The Labute approximate surface area is 120 Å². The molecule has 1 unspecified atom stereocenters. The molecule has 4 nitrogen and oxygen atoms in total. The van der Waals surface area contributed by atoms with Crippen LogP contribution in [0.4, 0.5) is 0 Å². The fourth-order valence-electron chi connectivity index (χ4n) is 2.42. The number of aryl methyl sites for hydroxylation is 1. The SMILES string of the molecule is CCn1nc(CC(O)CNCC(C)C)c2ccccc21. The van der Waals surface area contributed by atoms with Crippen LogP contribution in [0.1, 0.15) is 26.5 Å². The molecule has 20 heavy (non-hydrogen) atoms. The van der Waals surface area contributed by atoms with E-state index in [0.29, 0.717) is 18.9 Å². The number of para-hydroxylation sites is 1. The summed E-state index contributed by atoms with van der Waals surface area (Å²) in [5, 5.41) is 19.2. The molecule has 1 aromatic heterocycles. The summed E-state index contributed by atoms with van der Waals surface area (Å²) in [7, 11) is 0. The average molecular weight is 275 g/mol. The van der Waals surface area contributed by atoms with Crippen LogP contribution < -0.4 is 5.32 Å². The molecule has 0 spiro atoms. The molecule has 4 heteroatoms. The molecule has 0 radical (unpaired) electrons. The van der Waals surface area contributed by atoms with Crippen LogP contribution >= 0.6 is 0 Å². The Morgan fingerprint density at radius 2 is 2.00 bits per heavy atom. The van der Waals surface area contributed by atoms with Gasteiger partial charge < -0.3 is 10.4 Å². The third-order valence-electron chi connectivity index (χ3n) is 3.40. The number of benzene rings is 1. The lowest BCUT2D eigenvalue weighted by Crippen LogP contribution is -2.31. The van der Waals surface area contributed by atoms with Crippen LogP contribution in [0.25, 0.3) is 10.9 Å². The third kappa shape index (κ3) is 3.58. The van der Waals surface area contributed by atoms with Crippen molar-refractivity contribution in [3.8, 4) is 0 Å². The quantitative estimate of drug-likeness (QED) is 0.814. The summed E-state index contributed by atoms with van der Waals surface area (Å²) >= 11 is 0. The molecular weight excluding hydrogens is 250 g/mol. The zero-order chi connectivity index (χ0) is 14.5. The molecule has 0 saturated carbocycles. The van der Waals surface area contributed by atoms with Gasteiger partial charge in [0.1, 0.15) is 0 Å². The summed E-state index contributed by atoms with van der Waals surface area (Å²) in [6.45, 7) is 8.81. The summed E-state index contributed by atoms with van der Waals surface area (Å²) < 4.78 is 2.00. The van der Waals surface area contributed by atoms with Gasteiger partial charge in [-0.3, -0.25) is 4.68 Å². The van der Waals surface area contributed by atoms with E-state index in [1.807, 2.05) is 16.8 Å². The number of hydrogen-bond donors (Lipinski definition) is 2. The number of hydrogen-bond acceptors (Lipinski definition) is 3.